The van der Waals surface area contributed by atoms with Crippen molar-refractivity contribution in [1.29, 1.82) is 0 Å². The maximum Gasteiger partial charge on any atom is 0.257 e. The molecule has 0 aliphatic carbocycles. The first-order chi connectivity index (χ1) is 13.0. The summed E-state index contributed by atoms with van der Waals surface area (Å²) in [4.78, 5) is 19.2. The molecule has 2 saturated heterocycles. The molecule has 3 rings (SSSR count). The minimum Gasteiger partial charge on any atom is -0.466 e. The predicted molar refractivity (Wildman–Crippen MR) is 105 cm³/mol. The lowest BCUT2D eigenvalue weighted by molar-refractivity contribution is 0.0229. The summed E-state index contributed by atoms with van der Waals surface area (Å²) in [6.45, 7) is 10.9. The van der Waals surface area contributed by atoms with Crippen molar-refractivity contribution in [3.05, 3.63) is 23.2 Å². The number of piperazine rings is 1. The monoisotopic (exact) mass is 373 g/mol. The summed E-state index contributed by atoms with van der Waals surface area (Å²) in [7, 11) is 2.16. The first-order valence-corrected chi connectivity index (χ1v) is 9.87. The van der Waals surface area contributed by atoms with Gasteiger partial charge in [-0.2, -0.15) is 0 Å². The molecule has 2 aliphatic heterocycles. The van der Waals surface area contributed by atoms with Crippen LogP contribution in [-0.4, -0.2) is 86.2 Å². The van der Waals surface area contributed by atoms with Gasteiger partial charge in [0.2, 0.25) is 0 Å². The Hall–Kier alpha value is -1.81. The van der Waals surface area contributed by atoms with Crippen LogP contribution < -0.4 is 0 Å². The standard InChI is InChI=1S/C21H31N3O3/c1-17-16-20(18(2)27-17)21(25)24-9-6-19(7-10-24)26-15-5-4-8-23-13-11-22(3)12-14-23/h16,19H,6-15H2,1-3H3. The fraction of sp³-hybridized carbons (Fsp3) is 0.667. The van der Waals surface area contributed by atoms with Crippen LogP contribution in [0, 0.1) is 25.7 Å². The van der Waals surface area contributed by atoms with Crippen molar-refractivity contribution >= 4 is 5.91 Å². The number of likely N-dealkylation sites (N-methyl/N-ethyl adjacent to an activating group) is 1. The van der Waals surface area contributed by atoms with Crippen LogP contribution in [0.3, 0.4) is 0 Å². The number of hydrogen-bond acceptors (Lipinski definition) is 5. The number of hydrogen-bond donors (Lipinski definition) is 0. The van der Waals surface area contributed by atoms with Gasteiger partial charge < -0.3 is 19.0 Å². The highest BCUT2D eigenvalue weighted by molar-refractivity contribution is 5.95. The number of ether oxygens (including phenoxy) is 1. The van der Waals surface area contributed by atoms with E-state index in [1.807, 2.05) is 24.8 Å². The van der Waals surface area contributed by atoms with E-state index in [0.717, 1.165) is 64.4 Å². The average molecular weight is 373 g/mol. The first-order valence-electron chi connectivity index (χ1n) is 9.87. The summed E-state index contributed by atoms with van der Waals surface area (Å²) in [5.41, 5.74) is 0.682. The van der Waals surface area contributed by atoms with Gasteiger partial charge in [0, 0.05) is 39.3 Å². The number of furan rings is 1. The normalized spacial score (nSPS) is 19.7. The van der Waals surface area contributed by atoms with E-state index in [0.29, 0.717) is 17.9 Å². The molecule has 6 nitrogen and oxygen atoms in total. The molecule has 1 aromatic rings. The lowest BCUT2D eigenvalue weighted by atomic mass is 10.1. The van der Waals surface area contributed by atoms with E-state index in [2.05, 4.69) is 28.7 Å². The highest BCUT2D eigenvalue weighted by Gasteiger charge is 2.26. The van der Waals surface area contributed by atoms with Crippen molar-refractivity contribution in [3.8, 4) is 11.8 Å². The van der Waals surface area contributed by atoms with Crippen LogP contribution in [0.2, 0.25) is 0 Å². The Kier molecular flexibility index (Phi) is 6.95. The number of likely N-dealkylation sites (tertiary alicyclic amines) is 1. The summed E-state index contributed by atoms with van der Waals surface area (Å²) in [5, 5.41) is 0. The van der Waals surface area contributed by atoms with Crippen molar-refractivity contribution < 1.29 is 13.9 Å². The minimum atomic E-state index is 0.0646. The Bertz CT molecular complexity index is 687. The molecule has 1 amide bonds. The van der Waals surface area contributed by atoms with E-state index < -0.39 is 0 Å². The summed E-state index contributed by atoms with van der Waals surface area (Å²) >= 11 is 0. The number of carbonyl (C=O) groups excluding carboxylic acids is 1. The minimum absolute atomic E-state index is 0.0646. The molecule has 0 aromatic carbocycles. The number of nitrogens with zero attached hydrogens (tertiary/aromatic N) is 3. The lowest BCUT2D eigenvalue weighted by Crippen LogP contribution is -2.44. The molecule has 148 valence electrons. The smallest absolute Gasteiger partial charge is 0.257 e. The van der Waals surface area contributed by atoms with Crippen LogP contribution in [0.25, 0.3) is 0 Å². The van der Waals surface area contributed by atoms with Gasteiger partial charge in [-0.15, -0.1) is 0 Å². The van der Waals surface area contributed by atoms with Crippen LogP contribution in [0.15, 0.2) is 10.5 Å². The second kappa shape index (κ2) is 9.41. The topological polar surface area (TPSA) is 49.2 Å². The summed E-state index contributed by atoms with van der Waals surface area (Å²) in [6, 6.07) is 1.83. The van der Waals surface area contributed by atoms with Crippen LogP contribution >= 0.6 is 0 Å². The molecule has 3 heterocycles. The van der Waals surface area contributed by atoms with E-state index in [1.165, 1.54) is 0 Å². The Balaban J connectivity index is 1.35. The second-order valence-electron chi connectivity index (χ2n) is 7.56. The maximum atomic E-state index is 12.6. The van der Waals surface area contributed by atoms with Gasteiger partial charge in [-0.05, 0) is 39.8 Å². The number of carbonyl (C=O) groups is 1. The molecule has 2 fully saturated rings. The van der Waals surface area contributed by atoms with Crippen molar-refractivity contribution in [2.75, 3.05) is 59.5 Å². The van der Waals surface area contributed by atoms with Crippen molar-refractivity contribution in [2.45, 2.75) is 32.8 Å². The molecule has 27 heavy (non-hydrogen) atoms. The Morgan fingerprint density at radius 2 is 1.85 bits per heavy atom. The largest absolute Gasteiger partial charge is 0.466 e. The molecule has 0 radical (unpaired) electrons. The molecule has 0 spiro atoms. The molecule has 1 aromatic heterocycles. The molecule has 6 heteroatoms. The third-order valence-electron chi connectivity index (χ3n) is 5.42. The number of aryl methyl sites for hydroxylation is 2. The molecule has 0 saturated carbocycles. The molecule has 0 bridgehead atoms. The van der Waals surface area contributed by atoms with Gasteiger partial charge >= 0.3 is 0 Å². The molecular formula is C21H31N3O3. The van der Waals surface area contributed by atoms with Gasteiger partial charge in [0.25, 0.3) is 5.91 Å². The maximum absolute atomic E-state index is 12.6. The number of amides is 1. The number of rotatable bonds is 4. The fourth-order valence-electron chi connectivity index (χ4n) is 3.62. The average Bonchev–Trinajstić information content (AvgIpc) is 3.01. The van der Waals surface area contributed by atoms with Gasteiger partial charge in [-0.25, -0.2) is 0 Å². The van der Waals surface area contributed by atoms with E-state index in [9.17, 15) is 4.79 Å². The SMILES string of the molecule is Cc1cc(C(=O)N2CCC(OCC#CCN3CCN(C)CC3)CC2)c(C)o1. The van der Waals surface area contributed by atoms with Gasteiger partial charge in [0.1, 0.15) is 18.1 Å². The van der Waals surface area contributed by atoms with Crippen LogP contribution in [0.1, 0.15) is 34.7 Å². The number of piperidine rings is 1. The Morgan fingerprint density at radius 1 is 1.15 bits per heavy atom. The van der Waals surface area contributed by atoms with Crippen LogP contribution in [0.4, 0.5) is 0 Å². The van der Waals surface area contributed by atoms with Crippen LogP contribution in [0.5, 0.6) is 0 Å². The van der Waals surface area contributed by atoms with Crippen molar-refractivity contribution in [2.24, 2.45) is 0 Å². The van der Waals surface area contributed by atoms with Crippen molar-refractivity contribution in [3.63, 3.8) is 0 Å². The molecule has 0 unspecified atom stereocenters. The van der Waals surface area contributed by atoms with Crippen molar-refractivity contribution in [1.82, 2.24) is 14.7 Å². The lowest BCUT2D eigenvalue weighted by Gasteiger charge is -2.31. The zero-order valence-electron chi connectivity index (χ0n) is 16.8. The zero-order chi connectivity index (χ0) is 19.2. The molecule has 0 N–H and O–H groups in total. The third-order valence-corrected chi connectivity index (χ3v) is 5.42. The molecule has 0 atom stereocenters. The van der Waals surface area contributed by atoms with E-state index >= 15 is 0 Å². The summed E-state index contributed by atoms with van der Waals surface area (Å²) < 4.78 is 11.4. The van der Waals surface area contributed by atoms with Crippen LogP contribution in [-0.2, 0) is 4.74 Å². The molecule has 2 aliphatic rings. The third kappa shape index (κ3) is 5.58. The Morgan fingerprint density at radius 3 is 2.48 bits per heavy atom. The van der Waals surface area contributed by atoms with E-state index in [1.54, 1.807) is 0 Å². The van der Waals surface area contributed by atoms with Gasteiger partial charge in [-0.1, -0.05) is 11.8 Å². The van der Waals surface area contributed by atoms with Gasteiger partial charge in [0.05, 0.1) is 18.2 Å². The van der Waals surface area contributed by atoms with E-state index in [-0.39, 0.29) is 12.0 Å². The first kappa shape index (κ1) is 19.9. The van der Waals surface area contributed by atoms with Gasteiger partial charge in [0.15, 0.2) is 0 Å². The molecular weight excluding hydrogens is 342 g/mol. The highest BCUT2D eigenvalue weighted by Crippen LogP contribution is 2.20. The second-order valence-corrected chi connectivity index (χ2v) is 7.56. The van der Waals surface area contributed by atoms with Gasteiger partial charge in [-0.3, -0.25) is 9.69 Å². The Labute approximate surface area is 162 Å². The van der Waals surface area contributed by atoms with E-state index in [4.69, 9.17) is 9.15 Å². The quantitative estimate of drug-likeness (QED) is 0.753. The fourth-order valence-corrected chi connectivity index (χ4v) is 3.62. The zero-order valence-corrected chi connectivity index (χ0v) is 16.8. The predicted octanol–water partition coefficient (Wildman–Crippen LogP) is 1.77. The highest BCUT2D eigenvalue weighted by atomic mass is 16.5. The summed E-state index contributed by atoms with van der Waals surface area (Å²) in [5.74, 6) is 7.91. The summed E-state index contributed by atoms with van der Waals surface area (Å²) in [6.07, 6.45) is 1.92.